The Kier molecular flexibility index (Phi) is 8.73. The lowest BCUT2D eigenvalue weighted by atomic mass is 10.1. The van der Waals surface area contributed by atoms with Gasteiger partial charge in [-0.1, -0.05) is 100 Å². The van der Waals surface area contributed by atoms with E-state index in [1.165, 1.54) is 0 Å². The van der Waals surface area contributed by atoms with E-state index in [0.29, 0.717) is 23.0 Å². The van der Waals surface area contributed by atoms with E-state index >= 15 is 0 Å². The van der Waals surface area contributed by atoms with Crippen LogP contribution >= 0.6 is 0 Å². The van der Waals surface area contributed by atoms with Gasteiger partial charge in [-0.25, -0.2) is 0 Å². The quantitative estimate of drug-likeness (QED) is 0.185. The van der Waals surface area contributed by atoms with Gasteiger partial charge in [-0.2, -0.15) is 0 Å². The fourth-order valence-corrected chi connectivity index (χ4v) is 4.25. The zero-order valence-electron chi connectivity index (χ0n) is 22.2. The summed E-state index contributed by atoms with van der Waals surface area (Å²) in [6, 6.07) is 31.6. The van der Waals surface area contributed by atoms with Gasteiger partial charge in [0.25, 0.3) is 0 Å². The van der Waals surface area contributed by atoms with E-state index in [0.717, 1.165) is 47.9 Å². The van der Waals surface area contributed by atoms with Crippen LogP contribution in [0.15, 0.2) is 97.1 Å². The monoisotopic (exact) mass is 496 g/mol. The Bertz CT molecular complexity index is 1090. The van der Waals surface area contributed by atoms with Gasteiger partial charge in [-0.15, -0.1) is 0 Å². The molecule has 0 bridgehead atoms. The first-order chi connectivity index (χ1) is 18.1. The molecule has 0 atom stereocenters. The lowest BCUT2D eigenvalue weighted by Gasteiger charge is -2.34. The maximum atomic E-state index is 6.67. The van der Waals surface area contributed by atoms with Crippen LogP contribution in [0, 0.1) is 0 Å². The minimum Gasteiger partial charge on any atom is -0.386 e. The van der Waals surface area contributed by atoms with Gasteiger partial charge in [0, 0.05) is 0 Å². The molecule has 0 aliphatic rings. The third-order valence-electron chi connectivity index (χ3n) is 6.35. The fourth-order valence-electron chi connectivity index (χ4n) is 4.25. The molecule has 0 radical (unpaired) electrons. The van der Waals surface area contributed by atoms with E-state index < -0.39 is 6.16 Å². The van der Waals surface area contributed by atoms with Crippen molar-refractivity contribution in [3.05, 3.63) is 119 Å². The van der Waals surface area contributed by atoms with E-state index in [9.17, 15) is 0 Å². The van der Waals surface area contributed by atoms with Crippen LogP contribution in [0.25, 0.3) is 0 Å². The highest BCUT2D eigenvalue weighted by molar-refractivity contribution is 5.39. The Morgan fingerprint density at radius 1 is 0.378 bits per heavy atom. The zero-order valence-corrected chi connectivity index (χ0v) is 22.2. The van der Waals surface area contributed by atoms with Gasteiger partial charge >= 0.3 is 6.16 Å². The standard InChI is InChI=1S/C33H36O4/c1-5-25-17-9-13-21-29(25)34-33(35-30-22-14-10-18-26(30)6-2,36-31-23-15-11-19-27(31)7-3)37-32-24-16-12-20-28(32)8-4/h9-24H,5-8H2,1-4H3. The van der Waals surface area contributed by atoms with Crippen LogP contribution in [0.3, 0.4) is 0 Å². The van der Waals surface area contributed by atoms with Crippen molar-refractivity contribution in [3.8, 4) is 23.0 Å². The molecule has 0 spiro atoms. The molecule has 0 saturated heterocycles. The third kappa shape index (κ3) is 6.26. The molecule has 0 heterocycles. The molecule has 0 fully saturated rings. The molecule has 0 amide bonds. The molecule has 4 aromatic carbocycles. The predicted octanol–water partition coefficient (Wildman–Crippen LogP) is 8.16. The summed E-state index contributed by atoms with van der Waals surface area (Å²) < 4.78 is 26.7. The highest BCUT2D eigenvalue weighted by atomic mass is 17.0. The molecule has 4 aromatic rings. The fraction of sp³-hybridized carbons (Fsp3) is 0.273. The number of para-hydroxylation sites is 4. The van der Waals surface area contributed by atoms with Crippen molar-refractivity contribution >= 4 is 0 Å². The van der Waals surface area contributed by atoms with Crippen molar-refractivity contribution in [1.82, 2.24) is 0 Å². The lowest BCUT2D eigenvalue weighted by molar-refractivity contribution is -0.368. The largest absolute Gasteiger partial charge is 0.611 e. The van der Waals surface area contributed by atoms with Gasteiger partial charge in [-0.05, 0) is 72.2 Å². The topological polar surface area (TPSA) is 36.9 Å². The molecular formula is C33H36O4. The van der Waals surface area contributed by atoms with Crippen LogP contribution in [0.5, 0.6) is 23.0 Å². The molecule has 4 nitrogen and oxygen atoms in total. The van der Waals surface area contributed by atoms with Crippen LogP contribution in [0.2, 0.25) is 0 Å². The maximum absolute atomic E-state index is 6.67. The van der Waals surface area contributed by atoms with Crippen molar-refractivity contribution in [2.24, 2.45) is 0 Å². The Morgan fingerprint density at radius 3 is 0.811 bits per heavy atom. The van der Waals surface area contributed by atoms with E-state index in [1.807, 2.05) is 97.1 Å². The molecule has 37 heavy (non-hydrogen) atoms. The van der Waals surface area contributed by atoms with Crippen molar-refractivity contribution in [2.45, 2.75) is 59.5 Å². The number of aryl methyl sites for hydroxylation is 4. The first-order valence-corrected chi connectivity index (χ1v) is 13.2. The van der Waals surface area contributed by atoms with E-state index in [4.69, 9.17) is 18.9 Å². The SMILES string of the molecule is CCc1ccccc1OC(Oc1ccccc1CC)(Oc1ccccc1CC)Oc1ccccc1CC. The minimum absolute atomic E-state index is 0.641. The molecular weight excluding hydrogens is 460 g/mol. The number of ether oxygens (including phenoxy) is 4. The van der Waals surface area contributed by atoms with Crippen LogP contribution in [0.1, 0.15) is 49.9 Å². The summed E-state index contributed by atoms with van der Waals surface area (Å²) in [4.78, 5) is 0. The van der Waals surface area contributed by atoms with Gasteiger partial charge in [0.15, 0.2) is 0 Å². The van der Waals surface area contributed by atoms with Crippen molar-refractivity contribution < 1.29 is 18.9 Å². The zero-order chi connectivity index (χ0) is 26.1. The van der Waals surface area contributed by atoms with Crippen molar-refractivity contribution in [1.29, 1.82) is 0 Å². The Hall–Kier alpha value is -3.92. The molecule has 0 unspecified atom stereocenters. The van der Waals surface area contributed by atoms with Gasteiger partial charge in [0.1, 0.15) is 23.0 Å². The highest BCUT2D eigenvalue weighted by Gasteiger charge is 2.45. The highest BCUT2D eigenvalue weighted by Crippen LogP contribution is 2.35. The van der Waals surface area contributed by atoms with E-state index in [2.05, 4.69) is 27.7 Å². The van der Waals surface area contributed by atoms with Crippen molar-refractivity contribution in [2.75, 3.05) is 0 Å². The maximum Gasteiger partial charge on any atom is 0.611 e. The molecule has 4 rings (SSSR count). The Balaban J connectivity index is 1.91. The second kappa shape index (κ2) is 12.4. The second-order valence-corrected chi connectivity index (χ2v) is 8.75. The van der Waals surface area contributed by atoms with Crippen molar-refractivity contribution in [3.63, 3.8) is 0 Å². The first kappa shape index (κ1) is 26.2. The molecule has 4 heteroatoms. The molecule has 192 valence electrons. The molecule has 0 N–H and O–H groups in total. The smallest absolute Gasteiger partial charge is 0.386 e. The molecule has 0 saturated carbocycles. The molecule has 0 aliphatic heterocycles. The normalized spacial score (nSPS) is 11.1. The number of rotatable bonds is 12. The summed E-state index contributed by atoms with van der Waals surface area (Å²) in [7, 11) is 0. The summed E-state index contributed by atoms with van der Waals surface area (Å²) >= 11 is 0. The van der Waals surface area contributed by atoms with Crippen LogP contribution in [-0.2, 0) is 25.7 Å². The number of hydrogen-bond donors (Lipinski definition) is 0. The number of benzene rings is 4. The van der Waals surface area contributed by atoms with Gasteiger partial charge in [-0.3, -0.25) is 0 Å². The van der Waals surface area contributed by atoms with E-state index in [-0.39, 0.29) is 0 Å². The molecule has 0 aliphatic carbocycles. The van der Waals surface area contributed by atoms with Crippen LogP contribution in [0.4, 0.5) is 0 Å². The average molecular weight is 497 g/mol. The van der Waals surface area contributed by atoms with Crippen LogP contribution < -0.4 is 18.9 Å². The predicted molar refractivity (Wildman–Crippen MR) is 149 cm³/mol. The first-order valence-electron chi connectivity index (χ1n) is 13.2. The van der Waals surface area contributed by atoms with E-state index in [1.54, 1.807) is 0 Å². The minimum atomic E-state index is -1.92. The van der Waals surface area contributed by atoms with Gasteiger partial charge in [0.2, 0.25) is 0 Å². The lowest BCUT2D eigenvalue weighted by Crippen LogP contribution is -2.54. The van der Waals surface area contributed by atoms with Gasteiger partial charge < -0.3 is 18.9 Å². The molecule has 0 aromatic heterocycles. The summed E-state index contributed by atoms with van der Waals surface area (Å²) in [5.74, 6) is 2.56. The average Bonchev–Trinajstić information content (AvgIpc) is 2.94. The summed E-state index contributed by atoms with van der Waals surface area (Å²) in [6.07, 6.45) is 1.22. The Labute approximate surface area is 220 Å². The summed E-state index contributed by atoms with van der Waals surface area (Å²) in [5.41, 5.74) is 4.11. The van der Waals surface area contributed by atoms with Crippen LogP contribution in [-0.4, -0.2) is 6.16 Å². The summed E-state index contributed by atoms with van der Waals surface area (Å²) in [6.45, 7) is 8.38. The number of hydrogen-bond acceptors (Lipinski definition) is 4. The Morgan fingerprint density at radius 2 is 0.595 bits per heavy atom. The second-order valence-electron chi connectivity index (χ2n) is 8.75. The summed E-state index contributed by atoms with van der Waals surface area (Å²) in [5, 5.41) is 0. The van der Waals surface area contributed by atoms with Gasteiger partial charge in [0.05, 0.1) is 0 Å². The third-order valence-corrected chi connectivity index (χ3v) is 6.35.